The number of ether oxygens (including phenoxy) is 1. The molecule has 0 radical (unpaired) electrons. The molecule has 7 aliphatic rings. The van der Waals surface area contributed by atoms with Crippen LogP contribution in [0.3, 0.4) is 0 Å². The van der Waals surface area contributed by atoms with E-state index in [1.165, 1.54) is 42.0 Å². The van der Waals surface area contributed by atoms with Gasteiger partial charge in [-0.25, -0.2) is 9.59 Å². The summed E-state index contributed by atoms with van der Waals surface area (Å²) in [5, 5.41) is 34.8. The van der Waals surface area contributed by atoms with Crippen molar-refractivity contribution in [1.29, 1.82) is 0 Å². The van der Waals surface area contributed by atoms with Crippen LogP contribution in [0.2, 0.25) is 20.1 Å². The van der Waals surface area contributed by atoms with Gasteiger partial charge in [-0.2, -0.15) is 65.9 Å². The number of nitrogens with zero attached hydrogens (tertiary/aromatic N) is 7. The lowest BCUT2D eigenvalue weighted by atomic mass is 9.87. The van der Waals surface area contributed by atoms with Crippen LogP contribution in [0.1, 0.15) is 211 Å². The molecule has 3 saturated heterocycles. The largest absolute Gasteiger partial charge is 0.478 e. The molecule has 4 atom stereocenters. The van der Waals surface area contributed by atoms with Crippen molar-refractivity contribution in [3.8, 4) is 0 Å². The molecule has 44 heteroatoms. The van der Waals surface area contributed by atoms with Gasteiger partial charge in [-0.3, -0.25) is 29.3 Å². The molecule has 23 nitrogen and oxygen atoms in total. The Hall–Kier alpha value is -11.0. The number of oxime groups is 4. The summed E-state index contributed by atoms with van der Waals surface area (Å²) in [6, 6.07) is 34.4. The summed E-state index contributed by atoms with van der Waals surface area (Å²) in [6.45, 7) is 17.1. The van der Waals surface area contributed by atoms with Gasteiger partial charge in [0.25, 0.3) is 11.8 Å². The van der Waals surface area contributed by atoms with Gasteiger partial charge < -0.3 is 54.5 Å². The van der Waals surface area contributed by atoms with Crippen molar-refractivity contribution in [3.05, 3.63) is 277 Å². The number of aromatic carboxylic acids is 1. The van der Waals surface area contributed by atoms with E-state index in [1.54, 1.807) is 76.2 Å². The first kappa shape index (κ1) is 110. The number of halogens is 21. The molecule has 4 unspecified atom stereocenters. The van der Waals surface area contributed by atoms with Gasteiger partial charge in [0.15, 0.2) is 22.4 Å². The number of rotatable bonds is 16. The SMILES string of the molecule is CCCI.CCOC(=O)c1ccc(C2=NOC(C)(c3cc(C)cc(Cl)c3)C2)cc1C(F)(F)F.Cc1cc(Cl)cc(C2(C)CC(c3ccc(C(=O)N4CC(=O)N(CCC(F)(F)F)C4)c(C(F)(F)F)c3)=NO2)c1.Cc1cc(Cl)cc(C2(C)CC(c3ccc(C(=O)N4CNC(=O)C4)c(C(F)(F)F)c3)=NO2)c1.Cc1cc(Cl)cc(C2(C)CC(c3ccc(C(=O)O)c(C(F)(F)F)c3)=NO2)c1.Cl.O=C1CNCN1. The molecule has 137 heavy (non-hydrogen) atoms. The first-order valence-corrected chi connectivity index (χ1v) is 44.5. The Morgan fingerprint density at radius 2 is 0.781 bits per heavy atom. The van der Waals surface area contributed by atoms with Crippen LogP contribution in [0.5, 0.6) is 0 Å². The molecular formula is C93H89Cl5F15IN10O13. The highest BCUT2D eigenvalue weighted by Crippen LogP contribution is 2.46. The molecule has 0 aliphatic carbocycles. The van der Waals surface area contributed by atoms with Crippen LogP contribution < -0.4 is 16.0 Å². The molecule has 0 bridgehead atoms. The summed E-state index contributed by atoms with van der Waals surface area (Å²) in [7, 11) is 0. The van der Waals surface area contributed by atoms with Gasteiger partial charge in [-0.05, 0) is 215 Å². The first-order chi connectivity index (χ1) is 63.3. The van der Waals surface area contributed by atoms with Crippen molar-refractivity contribution < 1.29 is 129 Å². The second-order valence-electron chi connectivity index (χ2n) is 33.1. The van der Waals surface area contributed by atoms with E-state index in [1.807, 2.05) is 52.0 Å². The van der Waals surface area contributed by atoms with Crippen LogP contribution >= 0.6 is 81.4 Å². The minimum absolute atomic E-state index is 0. The number of aryl methyl sites for hydroxylation is 4. The summed E-state index contributed by atoms with van der Waals surface area (Å²) in [4.78, 5) is 107. The predicted molar refractivity (Wildman–Crippen MR) is 492 cm³/mol. The quantitative estimate of drug-likeness (QED) is 0.0303. The highest BCUT2D eigenvalue weighted by atomic mass is 127. The van der Waals surface area contributed by atoms with Crippen molar-refractivity contribution in [2.45, 2.75) is 161 Å². The number of benzene rings is 8. The number of carbonyl (C=O) groups is 7. The Kier molecular flexibility index (Phi) is 35.6. The molecule has 7 heterocycles. The average molecular weight is 2140 g/mol. The normalized spacial score (nSPS) is 19.4. The lowest BCUT2D eigenvalue weighted by Gasteiger charge is -2.23. The van der Waals surface area contributed by atoms with Crippen molar-refractivity contribution in [3.63, 3.8) is 0 Å². The number of hydrogen-bond donors (Lipinski definition) is 4. The number of esters is 1. The minimum atomic E-state index is -4.94. The van der Waals surface area contributed by atoms with E-state index in [9.17, 15) is 99.4 Å². The maximum Gasteiger partial charge on any atom is 0.417 e. The molecule has 5 amide bonds. The number of alkyl halides is 16. The zero-order valence-electron chi connectivity index (χ0n) is 74.4. The summed E-state index contributed by atoms with van der Waals surface area (Å²) in [6.07, 6.45) is -22.9. The van der Waals surface area contributed by atoms with Crippen molar-refractivity contribution in [2.24, 2.45) is 20.6 Å². The fourth-order valence-electron chi connectivity index (χ4n) is 14.9. The van der Waals surface area contributed by atoms with Gasteiger partial charge in [0.1, 0.15) is 13.1 Å². The Bertz CT molecular complexity index is 5950. The average Bonchev–Trinajstić information content (AvgIpc) is 1.67. The lowest BCUT2D eigenvalue weighted by Crippen LogP contribution is -2.34. The molecule has 0 saturated carbocycles. The fourth-order valence-corrected chi connectivity index (χ4v) is 16.0. The molecule has 7 aliphatic heterocycles. The topological polar surface area (TPSA) is 281 Å². The maximum atomic E-state index is 14.0. The van der Waals surface area contributed by atoms with Crippen LogP contribution in [0, 0.1) is 27.7 Å². The third-order valence-electron chi connectivity index (χ3n) is 21.8. The number of hydrogen-bond acceptors (Lipinski definition) is 17. The summed E-state index contributed by atoms with van der Waals surface area (Å²) in [5.74, 6) is -5.75. The standard InChI is InChI=1S/C25H22ClF6N3O3.C22H19ClF3N3O3.C21H19ClF3NO3.C19H15ClF3NO3.C3H7I.C3H6N2O.ClH/c1-14-7-16(10-17(26)8-14)23(2)11-20(33-38-23)15-3-4-18(19(9-15)25(30,31)32)22(37)35-12-21(36)34(13-35)6-5-24(27,28)29;1-12-5-14(8-15(23)6-12)21(2)9-18(28-32-21)13-3-4-16(17(7-13)22(24,25)26)20(31)29-10-19(30)27-11-29;1-4-28-19(27)16-6-5-13(9-17(16)21(23,24)25)18-11-20(3,29-26-18)14-7-12(2)8-15(22)10-14;1-10-5-12(8-13(20)6-10)18(2)9-16(24-27-18)11-3-4-14(17(25)26)15(7-11)19(21,22)23;1-2-3-4;6-3-1-4-2-5-3;/h3-4,7-10H,5-6,11-13H2,1-2H3;3-8H,9-11H2,1-2H3,(H,27,30);5-10H,4,11H2,1-3H3;3-8H,9H2,1-2H3,(H,25,26);2-3H2,1H3;4H,1-2H2,(H,5,6);1H. The molecule has 0 aromatic heterocycles. The van der Waals surface area contributed by atoms with Crippen LogP contribution in [-0.2, 0) is 85.6 Å². The number of carboxylic acids is 1. The van der Waals surface area contributed by atoms with Gasteiger partial charge >= 0.3 is 42.8 Å². The van der Waals surface area contributed by atoms with E-state index < -0.39 is 160 Å². The van der Waals surface area contributed by atoms with Crippen molar-refractivity contribution in [2.75, 3.05) is 57.2 Å². The number of amides is 5. The Labute approximate surface area is 815 Å². The molecule has 4 N–H and O–H groups in total. The minimum Gasteiger partial charge on any atom is -0.478 e. The van der Waals surface area contributed by atoms with Gasteiger partial charge in [0, 0.05) is 74.6 Å². The molecule has 0 spiro atoms. The van der Waals surface area contributed by atoms with E-state index >= 15 is 0 Å². The first-order valence-electron chi connectivity index (χ1n) is 41.5. The van der Waals surface area contributed by atoms with Crippen molar-refractivity contribution >= 4 is 146 Å². The number of carbonyl (C=O) groups excluding carboxylic acids is 6. The van der Waals surface area contributed by atoms with Gasteiger partial charge in [0.05, 0.1) is 107 Å². The van der Waals surface area contributed by atoms with Gasteiger partial charge in [-0.1, -0.05) is 145 Å². The summed E-state index contributed by atoms with van der Waals surface area (Å²) >= 11 is 26.9. The molecule has 8 aromatic carbocycles. The third-order valence-corrected chi connectivity index (χ3v) is 23.8. The lowest BCUT2D eigenvalue weighted by molar-refractivity contribution is -0.143. The molecule has 3 fully saturated rings. The van der Waals surface area contributed by atoms with E-state index in [2.05, 4.69) is 66.1 Å². The van der Waals surface area contributed by atoms with E-state index in [0.717, 1.165) is 102 Å². The third kappa shape index (κ3) is 28.2. The van der Waals surface area contributed by atoms with E-state index in [-0.39, 0.29) is 91.8 Å². The van der Waals surface area contributed by atoms with Crippen molar-refractivity contribution in [1.82, 2.24) is 30.7 Å². The zero-order valence-corrected chi connectivity index (χ0v) is 80.4. The maximum absolute atomic E-state index is 14.0. The summed E-state index contributed by atoms with van der Waals surface area (Å²) in [5.41, 5.74) is -2.31. The van der Waals surface area contributed by atoms with E-state index in [4.69, 9.17) is 75.6 Å². The zero-order chi connectivity index (χ0) is 101. The molecule has 736 valence electrons. The van der Waals surface area contributed by atoms with Crippen LogP contribution in [-0.4, -0.2) is 148 Å². The van der Waals surface area contributed by atoms with E-state index in [0.29, 0.717) is 56.0 Å². The van der Waals surface area contributed by atoms with Crippen LogP contribution in [0.25, 0.3) is 0 Å². The fraction of sp³-hybridized carbons (Fsp3) is 0.366. The Morgan fingerprint density at radius 1 is 0.460 bits per heavy atom. The Morgan fingerprint density at radius 3 is 1.05 bits per heavy atom. The van der Waals surface area contributed by atoms with Crippen LogP contribution in [0.4, 0.5) is 65.9 Å². The highest BCUT2D eigenvalue weighted by Gasteiger charge is 2.47. The van der Waals surface area contributed by atoms with Gasteiger partial charge in [-0.15, -0.1) is 12.4 Å². The smallest absolute Gasteiger partial charge is 0.417 e. The predicted octanol–water partition coefficient (Wildman–Crippen LogP) is 22.3. The number of nitrogens with one attached hydrogen (secondary N) is 3. The second-order valence-corrected chi connectivity index (χ2v) is 35.9. The monoisotopic (exact) mass is 2140 g/mol. The Balaban J connectivity index is 0.000000198. The molecule has 8 aromatic rings. The molecular weight excluding hydrogens is 2050 g/mol. The van der Waals surface area contributed by atoms with Gasteiger partial charge in [0.2, 0.25) is 17.7 Å². The second kappa shape index (κ2) is 44.4. The van der Waals surface area contributed by atoms with Crippen LogP contribution in [0.15, 0.2) is 166 Å². The summed E-state index contributed by atoms with van der Waals surface area (Å²) < 4.78 is 207. The number of carboxylic acid groups (broad SMARTS) is 1. The highest BCUT2D eigenvalue weighted by molar-refractivity contribution is 14.1. The molecule has 15 rings (SSSR count).